The molecule has 3 N–H and O–H groups in total. The Hall–Kier alpha value is -0.880. The first kappa shape index (κ1) is 16.2. The van der Waals surface area contributed by atoms with Gasteiger partial charge in [-0.2, -0.15) is 0 Å². The molecule has 0 saturated carbocycles. The molecule has 0 aromatic heterocycles. The van der Waals surface area contributed by atoms with Crippen LogP contribution in [0.1, 0.15) is 18.0 Å². The van der Waals surface area contributed by atoms with E-state index < -0.39 is 0 Å². The SMILES string of the molecule is Cl.OCC[C@H](c1cc(F)ccc1O)N1CCNCC1. The number of benzene rings is 1. The molecule has 2 rings (SSSR count). The summed E-state index contributed by atoms with van der Waals surface area (Å²) < 4.78 is 13.3. The Kier molecular flexibility index (Phi) is 6.51. The molecule has 1 aliphatic rings. The van der Waals surface area contributed by atoms with Crippen molar-refractivity contribution in [1.29, 1.82) is 0 Å². The number of aromatic hydroxyl groups is 1. The van der Waals surface area contributed by atoms with Gasteiger partial charge in [-0.15, -0.1) is 12.4 Å². The van der Waals surface area contributed by atoms with Gasteiger partial charge in [-0.05, 0) is 24.6 Å². The minimum Gasteiger partial charge on any atom is -0.508 e. The molecule has 1 atom stereocenters. The van der Waals surface area contributed by atoms with E-state index in [0.29, 0.717) is 12.0 Å². The van der Waals surface area contributed by atoms with Gasteiger partial charge in [-0.1, -0.05) is 0 Å². The molecule has 0 amide bonds. The lowest BCUT2D eigenvalue weighted by atomic mass is 10.00. The molecule has 0 radical (unpaired) electrons. The Labute approximate surface area is 118 Å². The van der Waals surface area contributed by atoms with Crippen molar-refractivity contribution < 1.29 is 14.6 Å². The predicted molar refractivity (Wildman–Crippen MR) is 74.2 cm³/mol. The summed E-state index contributed by atoms with van der Waals surface area (Å²) in [6.45, 7) is 3.43. The van der Waals surface area contributed by atoms with Crippen LogP contribution in [0.2, 0.25) is 0 Å². The van der Waals surface area contributed by atoms with E-state index in [4.69, 9.17) is 0 Å². The van der Waals surface area contributed by atoms with Crippen LogP contribution in [0.15, 0.2) is 18.2 Å². The number of aliphatic hydroxyl groups excluding tert-OH is 1. The van der Waals surface area contributed by atoms with Crippen LogP contribution in [0.5, 0.6) is 5.75 Å². The van der Waals surface area contributed by atoms with Gasteiger partial charge < -0.3 is 15.5 Å². The predicted octanol–water partition coefficient (Wildman–Crippen LogP) is 1.28. The Bertz CT molecular complexity index is 400. The van der Waals surface area contributed by atoms with Gasteiger partial charge in [0.25, 0.3) is 0 Å². The number of rotatable bonds is 4. The van der Waals surface area contributed by atoms with Crippen LogP contribution in [-0.2, 0) is 0 Å². The van der Waals surface area contributed by atoms with Gasteiger partial charge >= 0.3 is 0 Å². The average molecular weight is 291 g/mol. The fourth-order valence-corrected chi connectivity index (χ4v) is 2.44. The summed E-state index contributed by atoms with van der Waals surface area (Å²) in [6, 6.07) is 3.84. The molecular weight excluding hydrogens is 271 g/mol. The fraction of sp³-hybridized carbons (Fsp3) is 0.538. The maximum atomic E-state index is 13.3. The molecule has 0 spiro atoms. The highest BCUT2D eigenvalue weighted by atomic mass is 35.5. The Balaban J connectivity index is 0.00000180. The van der Waals surface area contributed by atoms with E-state index in [-0.39, 0.29) is 36.6 Å². The number of nitrogens with zero attached hydrogens (tertiary/aromatic N) is 1. The minimum absolute atomic E-state index is 0. The molecule has 1 aromatic rings. The van der Waals surface area contributed by atoms with E-state index in [0.717, 1.165) is 26.2 Å². The van der Waals surface area contributed by atoms with Gasteiger partial charge in [0, 0.05) is 44.4 Å². The number of piperazine rings is 1. The second-order valence-electron chi connectivity index (χ2n) is 4.52. The third kappa shape index (κ3) is 4.04. The number of hydrogen-bond donors (Lipinski definition) is 3. The van der Waals surface area contributed by atoms with E-state index in [2.05, 4.69) is 10.2 Å². The molecule has 1 heterocycles. The van der Waals surface area contributed by atoms with Crippen LogP contribution in [0, 0.1) is 5.82 Å². The third-order valence-electron chi connectivity index (χ3n) is 3.34. The van der Waals surface area contributed by atoms with Crippen LogP contribution < -0.4 is 5.32 Å². The summed E-state index contributed by atoms with van der Waals surface area (Å²) in [6.07, 6.45) is 0.497. The van der Waals surface area contributed by atoms with Crippen molar-refractivity contribution in [3.8, 4) is 5.75 Å². The highest BCUT2D eigenvalue weighted by molar-refractivity contribution is 5.85. The zero-order valence-corrected chi connectivity index (χ0v) is 11.5. The van der Waals surface area contributed by atoms with E-state index in [1.165, 1.54) is 18.2 Å². The Morgan fingerprint density at radius 2 is 2.00 bits per heavy atom. The maximum absolute atomic E-state index is 13.3. The van der Waals surface area contributed by atoms with Crippen LogP contribution in [-0.4, -0.2) is 47.9 Å². The van der Waals surface area contributed by atoms with E-state index in [1.807, 2.05) is 0 Å². The molecule has 1 aliphatic heterocycles. The number of nitrogens with one attached hydrogen (secondary N) is 1. The van der Waals surface area contributed by atoms with E-state index in [9.17, 15) is 14.6 Å². The zero-order valence-electron chi connectivity index (χ0n) is 10.7. The summed E-state index contributed by atoms with van der Waals surface area (Å²) in [5.74, 6) is -0.269. The van der Waals surface area contributed by atoms with Gasteiger partial charge in [0.1, 0.15) is 11.6 Å². The largest absolute Gasteiger partial charge is 0.508 e. The van der Waals surface area contributed by atoms with Crippen molar-refractivity contribution in [3.63, 3.8) is 0 Å². The van der Waals surface area contributed by atoms with Crippen molar-refractivity contribution in [1.82, 2.24) is 10.2 Å². The third-order valence-corrected chi connectivity index (χ3v) is 3.34. The molecule has 1 saturated heterocycles. The van der Waals surface area contributed by atoms with Crippen LogP contribution in [0.4, 0.5) is 4.39 Å². The first-order chi connectivity index (χ1) is 8.72. The van der Waals surface area contributed by atoms with Gasteiger partial charge in [-0.3, -0.25) is 4.90 Å². The lowest BCUT2D eigenvalue weighted by Crippen LogP contribution is -2.45. The molecule has 19 heavy (non-hydrogen) atoms. The highest BCUT2D eigenvalue weighted by Gasteiger charge is 2.24. The first-order valence-electron chi connectivity index (χ1n) is 6.26. The summed E-state index contributed by atoms with van der Waals surface area (Å²) >= 11 is 0. The summed E-state index contributed by atoms with van der Waals surface area (Å²) in [7, 11) is 0. The van der Waals surface area contributed by atoms with Gasteiger partial charge in [-0.25, -0.2) is 4.39 Å². The van der Waals surface area contributed by atoms with Gasteiger partial charge in [0.15, 0.2) is 0 Å². The van der Waals surface area contributed by atoms with Crippen LogP contribution >= 0.6 is 12.4 Å². The second kappa shape index (κ2) is 7.65. The molecule has 0 bridgehead atoms. The minimum atomic E-state index is -0.360. The molecule has 0 aliphatic carbocycles. The number of aliphatic hydroxyl groups is 1. The first-order valence-corrected chi connectivity index (χ1v) is 6.26. The van der Waals surface area contributed by atoms with E-state index in [1.54, 1.807) is 0 Å². The fourth-order valence-electron chi connectivity index (χ4n) is 2.44. The van der Waals surface area contributed by atoms with E-state index >= 15 is 0 Å². The lowest BCUT2D eigenvalue weighted by Gasteiger charge is -2.35. The molecule has 1 fully saturated rings. The Morgan fingerprint density at radius 1 is 1.32 bits per heavy atom. The number of phenolic OH excluding ortho intramolecular Hbond substituents is 1. The zero-order chi connectivity index (χ0) is 13.0. The number of hydrogen-bond acceptors (Lipinski definition) is 4. The topological polar surface area (TPSA) is 55.7 Å². The quantitative estimate of drug-likeness (QED) is 0.782. The molecule has 0 unspecified atom stereocenters. The second-order valence-corrected chi connectivity index (χ2v) is 4.52. The van der Waals surface area contributed by atoms with Crippen molar-refractivity contribution in [2.75, 3.05) is 32.8 Å². The van der Waals surface area contributed by atoms with Crippen LogP contribution in [0.3, 0.4) is 0 Å². The summed E-state index contributed by atoms with van der Waals surface area (Å²) in [5.41, 5.74) is 0.561. The van der Waals surface area contributed by atoms with Gasteiger partial charge in [0.2, 0.25) is 0 Å². The normalized spacial score (nSPS) is 17.8. The van der Waals surface area contributed by atoms with Crippen LogP contribution in [0.25, 0.3) is 0 Å². The number of phenols is 1. The summed E-state index contributed by atoms with van der Waals surface area (Å²) in [5, 5.41) is 22.3. The Morgan fingerprint density at radius 3 is 2.63 bits per heavy atom. The average Bonchev–Trinajstić information content (AvgIpc) is 2.40. The maximum Gasteiger partial charge on any atom is 0.123 e. The molecule has 1 aromatic carbocycles. The smallest absolute Gasteiger partial charge is 0.123 e. The van der Waals surface area contributed by atoms with Gasteiger partial charge in [0.05, 0.1) is 0 Å². The standard InChI is InChI=1S/C13H19FN2O2.ClH/c14-10-1-2-13(18)11(9-10)12(3-8-17)16-6-4-15-5-7-16;/h1-2,9,12,15,17-18H,3-8H2;1H/t12-;/m1./s1. The lowest BCUT2D eigenvalue weighted by molar-refractivity contribution is 0.139. The van der Waals surface area contributed by atoms with Crippen molar-refractivity contribution >= 4 is 12.4 Å². The van der Waals surface area contributed by atoms with Crippen molar-refractivity contribution in [3.05, 3.63) is 29.6 Å². The molecule has 6 heteroatoms. The van der Waals surface area contributed by atoms with Crippen molar-refractivity contribution in [2.45, 2.75) is 12.5 Å². The molecule has 108 valence electrons. The van der Waals surface area contributed by atoms with Crippen molar-refractivity contribution in [2.24, 2.45) is 0 Å². The number of halogens is 2. The highest BCUT2D eigenvalue weighted by Crippen LogP contribution is 2.31. The monoisotopic (exact) mass is 290 g/mol. The molecular formula is C13H20ClFN2O2. The molecule has 4 nitrogen and oxygen atoms in total. The summed E-state index contributed by atoms with van der Waals surface area (Å²) in [4.78, 5) is 2.17.